The molecule has 2 fully saturated rings. The zero-order valence-electron chi connectivity index (χ0n) is 12.6. The maximum absolute atomic E-state index is 12.4. The summed E-state index contributed by atoms with van der Waals surface area (Å²) in [5.41, 5.74) is 1.32. The molecule has 22 heavy (non-hydrogen) atoms. The number of carbonyl (C=O) groups is 1. The van der Waals surface area contributed by atoms with Crippen LogP contribution < -0.4 is 5.32 Å². The van der Waals surface area contributed by atoms with Gasteiger partial charge in [-0.05, 0) is 43.4 Å². The van der Waals surface area contributed by atoms with E-state index in [-0.39, 0.29) is 11.7 Å². The number of piperidine rings is 1. The van der Waals surface area contributed by atoms with E-state index >= 15 is 0 Å². The van der Waals surface area contributed by atoms with E-state index in [1.165, 1.54) is 0 Å². The Kier molecular flexibility index (Phi) is 4.49. The number of carbonyl (C=O) groups excluding carboxylic acids is 1. The molecule has 3 rings (SSSR count). The monoisotopic (exact) mass is 322 g/mol. The molecule has 0 aromatic heterocycles. The van der Waals surface area contributed by atoms with Crippen molar-refractivity contribution >= 4 is 15.9 Å². The van der Waals surface area contributed by atoms with Crippen LogP contribution in [0.2, 0.25) is 0 Å². The van der Waals surface area contributed by atoms with Crippen LogP contribution in [0.3, 0.4) is 0 Å². The van der Waals surface area contributed by atoms with Crippen molar-refractivity contribution in [2.75, 3.05) is 13.1 Å². The van der Waals surface area contributed by atoms with Gasteiger partial charge in [-0.1, -0.05) is 18.6 Å². The van der Waals surface area contributed by atoms with Gasteiger partial charge in [-0.2, -0.15) is 0 Å². The summed E-state index contributed by atoms with van der Waals surface area (Å²) in [4.78, 5) is 11.9. The zero-order valence-corrected chi connectivity index (χ0v) is 13.4. The van der Waals surface area contributed by atoms with Crippen LogP contribution in [0, 0.1) is 0 Å². The number of nitrogens with zero attached hydrogens (tertiary/aromatic N) is 1. The van der Waals surface area contributed by atoms with Gasteiger partial charge in [0.25, 0.3) is 5.91 Å². The minimum Gasteiger partial charge on any atom is -0.349 e. The van der Waals surface area contributed by atoms with Gasteiger partial charge in [0.15, 0.2) is 0 Å². The second kappa shape index (κ2) is 6.38. The second-order valence-corrected chi connectivity index (χ2v) is 8.13. The van der Waals surface area contributed by atoms with E-state index in [4.69, 9.17) is 0 Å². The zero-order chi connectivity index (χ0) is 15.6. The van der Waals surface area contributed by atoms with Crippen LogP contribution in [0.4, 0.5) is 0 Å². The van der Waals surface area contributed by atoms with E-state index < -0.39 is 10.0 Å². The first-order valence-electron chi connectivity index (χ1n) is 7.92. The Labute approximate surface area is 131 Å². The molecule has 0 bridgehead atoms. The van der Waals surface area contributed by atoms with Crippen molar-refractivity contribution in [2.45, 2.75) is 43.9 Å². The number of amides is 1. The van der Waals surface area contributed by atoms with Crippen LogP contribution >= 0.6 is 0 Å². The molecule has 0 spiro atoms. The van der Waals surface area contributed by atoms with E-state index in [9.17, 15) is 13.2 Å². The Morgan fingerprint density at radius 3 is 2.32 bits per heavy atom. The lowest BCUT2D eigenvalue weighted by Crippen LogP contribution is -2.36. The number of sulfonamides is 1. The van der Waals surface area contributed by atoms with E-state index in [1.54, 1.807) is 28.6 Å². The molecule has 2 aliphatic rings. The minimum atomic E-state index is -3.25. The first-order valence-corrected chi connectivity index (χ1v) is 9.53. The molecule has 120 valence electrons. The van der Waals surface area contributed by atoms with Crippen LogP contribution in [0.5, 0.6) is 0 Å². The largest absolute Gasteiger partial charge is 0.349 e. The Bertz CT molecular complexity index is 630. The summed E-state index contributed by atoms with van der Waals surface area (Å²) in [6.07, 6.45) is 5.10. The number of hydrogen-bond acceptors (Lipinski definition) is 3. The molecule has 1 saturated heterocycles. The molecule has 1 aromatic rings. The molecular weight excluding hydrogens is 300 g/mol. The highest BCUT2D eigenvalue weighted by molar-refractivity contribution is 7.88. The van der Waals surface area contributed by atoms with Gasteiger partial charge < -0.3 is 5.32 Å². The molecule has 1 saturated carbocycles. The first-order chi connectivity index (χ1) is 10.5. The van der Waals surface area contributed by atoms with Crippen molar-refractivity contribution in [3.05, 3.63) is 35.4 Å². The number of benzene rings is 1. The van der Waals surface area contributed by atoms with Crippen molar-refractivity contribution in [2.24, 2.45) is 0 Å². The van der Waals surface area contributed by atoms with Gasteiger partial charge >= 0.3 is 0 Å². The smallest absolute Gasteiger partial charge is 0.251 e. The molecule has 1 heterocycles. The Hall–Kier alpha value is -1.40. The normalized spacial score (nSPS) is 19.8. The van der Waals surface area contributed by atoms with E-state index in [1.807, 2.05) is 0 Å². The molecule has 1 amide bonds. The van der Waals surface area contributed by atoms with Crippen LogP contribution in [0.1, 0.15) is 48.0 Å². The first kappa shape index (κ1) is 15.5. The van der Waals surface area contributed by atoms with Gasteiger partial charge in [0.05, 0.1) is 5.75 Å². The predicted molar refractivity (Wildman–Crippen MR) is 85.0 cm³/mol. The van der Waals surface area contributed by atoms with Gasteiger partial charge in [0.2, 0.25) is 10.0 Å². The molecule has 5 nitrogen and oxygen atoms in total. The molecule has 1 aliphatic carbocycles. The third-order valence-corrected chi connectivity index (χ3v) is 6.04. The van der Waals surface area contributed by atoms with Gasteiger partial charge in [-0.15, -0.1) is 0 Å². The summed E-state index contributed by atoms with van der Waals surface area (Å²) in [7, 11) is -3.25. The summed E-state index contributed by atoms with van der Waals surface area (Å²) in [6.45, 7) is 1.26. The summed E-state index contributed by atoms with van der Waals surface area (Å²) >= 11 is 0. The predicted octanol–water partition coefficient (Wildman–Crippen LogP) is 1.89. The van der Waals surface area contributed by atoms with Crippen LogP contribution in [-0.4, -0.2) is 37.8 Å². The lowest BCUT2D eigenvalue weighted by atomic mass is 10.1. The molecule has 0 atom stereocenters. The lowest BCUT2D eigenvalue weighted by Gasteiger charge is -2.25. The van der Waals surface area contributed by atoms with Crippen LogP contribution in [-0.2, 0) is 15.8 Å². The van der Waals surface area contributed by atoms with Gasteiger partial charge in [0, 0.05) is 24.7 Å². The van der Waals surface area contributed by atoms with Gasteiger partial charge in [-0.3, -0.25) is 4.79 Å². The molecule has 1 aromatic carbocycles. The lowest BCUT2D eigenvalue weighted by molar-refractivity contribution is 0.0951. The maximum Gasteiger partial charge on any atom is 0.251 e. The molecule has 1 N–H and O–H groups in total. The molecule has 0 unspecified atom stereocenters. The minimum absolute atomic E-state index is 0.0114. The van der Waals surface area contributed by atoms with E-state index in [2.05, 4.69) is 5.32 Å². The number of rotatable bonds is 5. The summed E-state index contributed by atoms with van der Waals surface area (Å²) in [5, 5.41) is 2.92. The Morgan fingerprint density at radius 1 is 1.09 bits per heavy atom. The fraction of sp³-hybridized carbons (Fsp3) is 0.562. The number of nitrogens with one attached hydrogen (secondary N) is 1. The van der Waals surface area contributed by atoms with E-state index in [0.29, 0.717) is 24.7 Å². The van der Waals surface area contributed by atoms with Crippen molar-refractivity contribution in [1.82, 2.24) is 9.62 Å². The maximum atomic E-state index is 12.4. The SMILES string of the molecule is O=C(NC1CC1)c1ccc(CS(=O)(=O)N2CCCCC2)cc1. The number of hydrogen-bond donors (Lipinski definition) is 1. The van der Waals surface area contributed by atoms with Gasteiger partial charge in [-0.25, -0.2) is 12.7 Å². The van der Waals surface area contributed by atoms with Crippen LogP contribution in [0.15, 0.2) is 24.3 Å². The molecule has 6 heteroatoms. The Balaban J connectivity index is 1.63. The highest BCUT2D eigenvalue weighted by atomic mass is 32.2. The average molecular weight is 322 g/mol. The standard InChI is InChI=1S/C16H22N2O3S/c19-16(17-15-8-9-15)14-6-4-13(5-7-14)12-22(20,21)18-10-2-1-3-11-18/h4-7,15H,1-3,8-12H2,(H,17,19). The molecular formula is C16H22N2O3S. The summed E-state index contributed by atoms with van der Waals surface area (Å²) in [5.74, 6) is -0.0646. The van der Waals surface area contributed by atoms with Crippen molar-refractivity contribution in [3.8, 4) is 0 Å². The third kappa shape index (κ3) is 3.87. The van der Waals surface area contributed by atoms with Gasteiger partial charge in [0.1, 0.15) is 0 Å². The quantitative estimate of drug-likeness (QED) is 0.900. The third-order valence-electron chi connectivity index (χ3n) is 4.19. The highest BCUT2D eigenvalue weighted by Gasteiger charge is 2.25. The van der Waals surface area contributed by atoms with Crippen LogP contribution in [0.25, 0.3) is 0 Å². The fourth-order valence-corrected chi connectivity index (χ4v) is 4.30. The highest BCUT2D eigenvalue weighted by Crippen LogP contribution is 2.20. The molecule has 0 radical (unpaired) electrons. The fourth-order valence-electron chi connectivity index (χ4n) is 2.69. The molecule has 1 aliphatic heterocycles. The van der Waals surface area contributed by atoms with E-state index in [0.717, 1.165) is 37.7 Å². The Morgan fingerprint density at radius 2 is 1.73 bits per heavy atom. The average Bonchev–Trinajstić information content (AvgIpc) is 3.32. The summed E-state index contributed by atoms with van der Waals surface area (Å²) in [6, 6.07) is 7.22. The van der Waals surface area contributed by atoms with Crippen molar-refractivity contribution in [3.63, 3.8) is 0 Å². The summed E-state index contributed by atoms with van der Waals surface area (Å²) < 4.78 is 26.3. The van der Waals surface area contributed by atoms with Crippen molar-refractivity contribution in [1.29, 1.82) is 0 Å². The van der Waals surface area contributed by atoms with Crippen molar-refractivity contribution < 1.29 is 13.2 Å². The topological polar surface area (TPSA) is 66.5 Å². The second-order valence-electron chi connectivity index (χ2n) is 6.16.